The van der Waals surface area contributed by atoms with Gasteiger partial charge >= 0.3 is 0 Å². The van der Waals surface area contributed by atoms with Gasteiger partial charge in [0.1, 0.15) is 0 Å². The summed E-state index contributed by atoms with van der Waals surface area (Å²) < 4.78 is 0.955. The van der Waals surface area contributed by atoms with Crippen molar-refractivity contribution in [1.82, 2.24) is 4.98 Å². The Morgan fingerprint density at radius 2 is 1.93 bits per heavy atom. The van der Waals surface area contributed by atoms with E-state index in [4.69, 9.17) is 0 Å². The summed E-state index contributed by atoms with van der Waals surface area (Å²) in [5, 5.41) is 0. The molecule has 78 valence electrons. The van der Waals surface area contributed by atoms with Gasteiger partial charge in [-0.25, -0.2) is 4.98 Å². The number of nitrogens with zero attached hydrogens (tertiary/aromatic N) is 1. The number of halogens is 1. The molecule has 1 aromatic heterocycles. The van der Waals surface area contributed by atoms with Crippen molar-refractivity contribution in [3.63, 3.8) is 0 Å². The van der Waals surface area contributed by atoms with Crippen LogP contribution >= 0.6 is 27.3 Å². The first-order valence-electron chi connectivity index (χ1n) is 4.78. The van der Waals surface area contributed by atoms with Crippen molar-refractivity contribution in [3.05, 3.63) is 38.1 Å². The summed E-state index contributed by atoms with van der Waals surface area (Å²) in [6.45, 7) is 6.35. The van der Waals surface area contributed by atoms with Gasteiger partial charge in [0, 0.05) is 10.4 Å². The van der Waals surface area contributed by atoms with E-state index >= 15 is 0 Å². The van der Waals surface area contributed by atoms with Crippen molar-refractivity contribution in [1.29, 1.82) is 0 Å². The Morgan fingerprint density at radius 3 is 2.53 bits per heavy atom. The van der Waals surface area contributed by atoms with Crippen LogP contribution in [0.2, 0.25) is 0 Å². The molecular weight excluding hydrogens is 270 g/mol. The minimum absolute atomic E-state index is 0.955. The molecule has 0 fully saturated rings. The van der Waals surface area contributed by atoms with Crippen LogP contribution < -0.4 is 0 Å². The first-order valence-corrected chi connectivity index (χ1v) is 6.39. The molecule has 15 heavy (non-hydrogen) atoms. The van der Waals surface area contributed by atoms with Crippen molar-refractivity contribution in [3.8, 4) is 11.3 Å². The van der Waals surface area contributed by atoms with E-state index in [1.165, 1.54) is 21.6 Å². The normalized spacial score (nSPS) is 10.7. The number of rotatable bonds is 1. The molecule has 0 aliphatic rings. The van der Waals surface area contributed by atoms with Crippen LogP contribution in [0.25, 0.3) is 11.3 Å². The summed E-state index contributed by atoms with van der Waals surface area (Å²) in [5.74, 6) is 0. The molecule has 0 unspecified atom stereocenters. The lowest BCUT2D eigenvalue weighted by Crippen LogP contribution is -1.86. The number of hydrogen-bond acceptors (Lipinski definition) is 2. The largest absolute Gasteiger partial charge is 0.229 e. The van der Waals surface area contributed by atoms with Crippen LogP contribution in [0.5, 0.6) is 0 Å². The van der Waals surface area contributed by atoms with Gasteiger partial charge < -0.3 is 0 Å². The highest BCUT2D eigenvalue weighted by atomic mass is 79.9. The minimum Gasteiger partial charge on any atom is -0.229 e. The maximum atomic E-state index is 4.52. The molecule has 0 spiro atoms. The fourth-order valence-electron chi connectivity index (χ4n) is 1.60. The van der Waals surface area contributed by atoms with Crippen LogP contribution in [0.3, 0.4) is 0 Å². The maximum absolute atomic E-state index is 4.52. The number of benzene rings is 1. The third kappa shape index (κ3) is 2.13. The van der Waals surface area contributed by atoms with Crippen molar-refractivity contribution < 1.29 is 0 Å². The molecule has 3 heteroatoms. The summed E-state index contributed by atoms with van der Waals surface area (Å²) in [6.07, 6.45) is 0. The Labute approximate surface area is 102 Å². The third-order valence-electron chi connectivity index (χ3n) is 2.42. The van der Waals surface area contributed by atoms with Gasteiger partial charge in [0.25, 0.3) is 0 Å². The molecule has 2 aromatic rings. The minimum atomic E-state index is 0.955. The molecular formula is C12H12BrNS. The molecule has 1 heterocycles. The van der Waals surface area contributed by atoms with Gasteiger partial charge in [-0.1, -0.05) is 17.7 Å². The highest BCUT2D eigenvalue weighted by molar-refractivity contribution is 9.11. The molecule has 0 radical (unpaired) electrons. The van der Waals surface area contributed by atoms with Gasteiger partial charge in [-0.05, 0) is 48.3 Å². The zero-order valence-electron chi connectivity index (χ0n) is 8.97. The van der Waals surface area contributed by atoms with Gasteiger partial charge in [0.05, 0.1) is 5.69 Å². The Kier molecular flexibility index (Phi) is 2.94. The van der Waals surface area contributed by atoms with Gasteiger partial charge in [-0.15, -0.1) is 11.3 Å². The Morgan fingerprint density at radius 1 is 1.20 bits per heavy atom. The fraction of sp³-hybridized carbons (Fsp3) is 0.250. The molecule has 1 nitrogen and oxygen atoms in total. The zero-order valence-corrected chi connectivity index (χ0v) is 11.4. The highest BCUT2D eigenvalue weighted by Crippen LogP contribution is 2.32. The van der Waals surface area contributed by atoms with E-state index < -0.39 is 0 Å². The summed E-state index contributed by atoms with van der Waals surface area (Å²) in [5.41, 5.74) is 4.91. The quantitative estimate of drug-likeness (QED) is 0.750. The van der Waals surface area contributed by atoms with Crippen LogP contribution in [0.4, 0.5) is 0 Å². The van der Waals surface area contributed by atoms with Gasteiger partial charge in [-0.2, -0.15) is 0 Å². The Hall–Kier alpha value is -0.670. The third-order valence-corrected chi connectivity index (χ3v) is 3.84. The average Bonchev–Trinajstić information content (AvgIpc) is 2.50. The Balaban J connectivity index is 2.62. The van der Waals surface area contributed by atoms with Crippen molar-refractivity contribution in [2.24, 2.45) is 0 Å². The summed E-state index contributed by atoms with van der Waals surface area (Å²) >= 11 is 5.11. The van der Waals surface area contributed by atoms with Crippen LogP contribution in [-0.4, -0.2) is 4.98 Å². The number of thiazole rings is 1. The number of aromatic nitrogens is 1. The molecule has 2 rings (SSSR count). The van der Waals surface area contributed by atoms with Crippen LogP contribution in [0.1, 0.15) is 16.0 Å². The fourth-order valence-corrected chi connectivity index (χ4v) is 3.15. The lowest BCUT2D eigenvalue weighted by molar-refractivity contribution is 1.30. The molecule has 0 amide bonds. The van der Waals surface area contributed by atoms with Crippen molar-refractivity contribution in [2.75, 3.05) is 0 Å². The predicted molar refractivity (Wildman–Crippen MR) is 69.5 cm³/mol. The molecule has 0 saturated carbocycles. The van der Waals surface area contributed by atoms with Crippen LogP contribution in [0.15, 0.2) is 22.1 Å². The maximum Gasteiger partial charge on any atom is 0.160 e. The van der Waals surface area contributed by atoms with E-state index in [1.807, 2.05) is 0 Å². The zero-order chi connectivity index (χ0) is 11.0. The molecule has 0 atom stereocenters. The molecule has 0 aliphatic heterocycles. The number of aryl methyl sites for hydroxylation is 3. The van der Waals surface area contributed by atoms with Crippen molar-refractivity contribution >= 4 is 27.3 Å². The predicted octanol–water partition coefficient (Wildman–Crippen LogP) is 4.50. The van der Waals surface area contributed by atoms with E-state index in [0.717, 1.165) is 9.61 Å². The Bertz CT molecular complexity index is 502. The smallest absolute Gasteiger partial charge is 0.160 e. The monoisotopic (exact) mass is 281 g/mol. The molecule has 0 bridgehead atoms. The lowest BCUT2D eigenvalue weighted by Gasteiger charge is -2.05. The molecule has 0 N–H and O–H groups in total. The van der Waals surface area contributed by atoms with Gasteiger partial charge in [0.2, 0.25) is 0 Å². The standard InChI is InChI=1S/C12H12BrNS/c1-7-4-5-8(2)10(6-7)11-9(3)15-12(13)14-11/h4-6H,1-3H3. The summed E-state index contributed by atoms with van der Waals surface area (Å²) in [4.78, 5) is 5.78. The van der Waals surface area contributed by atoms with Gasteiger partial charge in [-0.3, -0.25) is 0 Å². The number of hydrogen-bond donors (Lipinski definition) is 0. The van der Waals surface area contributed by atoms with Crippen LogP contribution in [0, 0.1) is 20.8 Å². The lowest BCUT2D eigenvalue weighted by atomic mass is 10.0. The summed E-state index contributed by atoms with van der Waals surface area (Å²) in [6, 6.07) is 6.48. The van der Waals surface area contributed by atoms with Gasteiger partial charge in [0.15, 0.2) is 3.92 Å². The van der Waals surface area contributed by atoms with Crippen LogP contribution in [-0.2, 0) is 0 Å². The molecule has 1 aromatic carbocycles. The van der Waals surface area contributed by atoms with E-state index in [1.54, 1.807) is 11.3 Å². The molecule has 0 saturated heterocycles. The average molecular weight is 282 g/mol. The second-order valence-electron chi connectivity index (χ2n) is 3.69. The van der Waals surface area contributed by atoms with E-state index in [0.29, 0.717) is 0 Å². The second kappa shape index (κ2) is 4.06. The SMILES string of the molecule is Cc1ccc(C)c(-c2nc(Br)sc2C)c1. The molecule has 0 aliphatic carbocycles. The van der Waals surface area contributed by atoms with E-state index in [9.17, 15) is 0 Å². The summed E-state index contributed by atoms with van der Waals surface area (Å²) in [7, 11) is 0. The van der Waals surface area contributed by atoms with Crippen molar-refractivity contribution in [2.45, 2.75) is 20.8 Å². The first kappa shape index (κ1) is 10.8. The highest BCUT2D eigenvalue weighted by Gasteiger charge is 2.10. The van der Waals surface area contributed by atoms with E-state index in [2.05, 4.69) is 59.9 Å². The topological polar surface area (TPSA) is 12.9 Å². The van der Waals surface area contributed by atoms with E-state index in [-0.39, 0.29) is 0 Å². The second-order valence-corrected chi connectivity index (χ2v) is 6.17. The first-order chi connectivity index (χ1) is 7.08.